The Hall–Kier alpha value is -0.330. The summed E-state index contributed by atoms with van der Waals surface area (Å²) in [6, 6.07) is 7.41. The van der Waals surface area contributed by atoms with Gasteiger partial charge in [-0.25, -0.2) is 0 Å². The topological polar surface area (TPSA) is 23.8 Å². The highest BCUT2D eigenvalue weighted by molar-refractivity contribution is 9.13. The molecule has 0 aromatic heterocycles. The number of rotatable bonds is 0. The highest BCUT2D eigenvalue weighted by Crippen LogP contribution is 2.23. The molecule has 0 saturated heterocycles. The normalized spacial score (nSPS) is 8.90. The number of hydrogen-bond donors (Lipinski definition) is 0. The van der Waals surface area contributed by atoms with Gasteiger partial charge in [0, 0.05) is 8.95 Å². The van der Waals surface area contributed by atoms with Crippen LogP contribution in [0.3, 0.4) is 0 Å². The molecule has 3 heteroatoms. The van der Waals surface area contributed by atoms with Gasteiger partial charge in [0.1, 0.15) is 0 Å². The third-order valence-corrected chi connectivity index (χ3v) is 2.93. The Bertz CT molecular complexity index is 288. The number of nitrogens with zero attached hydrogens (tertiary/aromatic N) is 1. The summed E-state index contributed by atoms with van der Waals surface area (Å²) in [5.74, 6) is 0. The van der Waals surface area contributed by atoms with E-state index in [4.69, 9.17) is 5.26 Å². The molecule has 0 amide bonds. The van der Waals surface area contributed by atoms with Gasteiger partial charge < -0.3 is 0 Å². The van der Waals surface area contributed by atoms with E-state index in [-0.39, 0.29) is 0 Å². The summed E-state index contributed by atoms with van der Waals surface area (Å²) < 4.78 is 1.87. The average molecular weight is 261 g/mol. The smallest absolute Gasteiger partial charge is 0.0992 e. The highest BCUT2D eigenvalue weighted by Gasteiger charge is 1.95. The number of benzene rings is 1. The molecule has 1 nitrogen and oxygen atoms in total. The summed E-state index contributed by atoms with van der Waals surface area (Å²) in [4.78, 5) is 0. The Kier molecular flexibility index (Phi) is 2.47. The van der Waals surface area contributed by atoms with Crippen molar-refractivity contribution in [3.63, 3.8) is 0 Å². The van der Waals surface area contributed by atoms with Crippen LogP contribution in [-0.2, 0) is 0 Å². The molecule has 0 unspecified atom stereocenters. The van der Waals surface area contributed by atoms with Crippen LogP contribution < -0.4 is 0 Å². The molecule has 0 radical (unpaired) electrons. The summed E-state index contributed by atoms with van der Waals surface area (Å²) in [5.41, 5.74) is 0.662. The van der Waals surface area contributed by atoms with Crippen LogP contribution in [0.5, 0.6) is 0 Å². The van der Waals surface area contributed by atoms with Crippen molar-refractivity contribution in [3.05, 3.63) is 32.7 Å². The molecule has 0 fully saturated rings. The van der Waals surface area contributed by atoms with Gasteiger partial charge in [0.25, 0.3) is 0 Å². The zero-order valence-electron chi connectivity index (χ0n) is 4.94. The van der Waals surface area contributed by atoms with Gasteiger partial charge in [-0.05, 0) is 50.1 Å². The Morgan fingerprint density at radius 3 is 2.40 bits per heavy atom. The van der Waals surface area contributed by atoms with Gasteiger partial charge in [0.05, 0.1) is 11.6 Å². The van der Waals surface area contributed by atoms with Crippen LogP contribution in [0.4, 0.5) is 0 Å². The SMILES string of the molecule is N#Cc1ccc(Br)c(Br)c1. The minimum Gasteiger partial charge on any atom is -0.192 e. The molecule has 1 aromatic carbocycles. The zero-order valence-corrected chi connectivity index (χ0v) is 8.11. The second kappa shape index (κ2) is 3.18. The average Bonchev–Trinajstić information content (AvgIpc) is 1.95. The summed E-state index contributed by atoms with van der Waals surface area (Å²) >= 11 is 6.59. The lowest BCUT2D eigenvalue weighted by molar-refractivity contribution is 1.46. The molecule has 0 aliphatic heterocycles. The fraction of sp³-hybridized carbons (Fsp3) is 0. The Balaban J connectivity index is 3.20. The Labute approximate surface area is 75.9 Å². The maximum Gasteiger partial charge on any atom is 0.0992 e. The van der Waals surface area contributed by atoms with Crippen LogP contribution >= 0.6 is 31.9 Å². The van der Waals surface area contributed by atoms with Gasteiger partial charge in [-0.2, -0.15) is 5.26 Å². The van der Waals surface area contributed by atoms with Crippen molar-refractivity contribution >= 4 is 31.9 Å². The van der Waals surface area contributed by atoms with Gasteiger partial charge >= 0.3 is 0 Å². The second-order valence-electron chi connectivity index (χ2n) is 1.74. The van der Waals surface area contributed by atoms with Crippen molar-refractivity contribution in [1.29, 1.82) is 5.26 Å². The summed E-state index contributed by atoms with van der Waals surface area (Å²) in [6.45, 7) is 0. The van der Waals surface area contributed by atoms with Crippen molar-refractivity contribution in [2.24, 2.45) is 0 Å². The van der Waals surface area contributed by atoms with Crippen LogP contribution in [0, 0.1) is 11.3 Å². The highest BCUT2D eigenvalue weighted by atomic mass is 79.9. The van der Waals surface area contributed by atoms with Crippen LogP contribution in [0.2, 0.25) is 0 Å². The molecule has 10 heavy (non-hydrogen) atoms. The standard InChI is InChI=1S/C7H3Br2N/c8-6-2-1-5(4-10)3-7(6)9/h1-3H. The van der Waals surface area contributed by atoms with E-state index in [1.54, 1.807) is 12.1 Å². The van der Waals surface area contributed by atoms with Crippen molar-refractivity contribution < 1.29 is 0 Å². The largest absolute Gasteiger partial charge is 0.192 e. The molecule has 0 atom stereocenters. The molecule has 0 aliphatic carbocycles. The molecule has 50 valence electrons. The summed E-state index contributed by atoms with van der Waals surface area (Å²) in [6.07, 6.45) is 0. The van der Waals surface area contributed by atoms with Gasteiger partial charge in [-0.1, -0.05) is 0 Å². The molecular weight excluding hydrogens is 258 g/mol. The minimum absolute atomic E-state index is 0.662. The molecule has 1 rings (SSSR count). The van der Waals surface area contributed by atoms with Crippen molar-refractivity contribution in [1.82, 2.24) is 0 Å². The first-order chi connectivity index (χ1) is 4.74. The summed E-state index contributed by atoms with van der Waals surface area (Å²) in [5, 5.41) is 8.47. The van der Waals surface area contributed by atoms with E-state index >= 15 is 0 Å². The van der Waals surface area contributed by atoms with E-state index in [1.165, 1.54) is 0 Å². The van der Waals surface area contributed by atoms with Gasteiger partial charge in [-0.15, -0.1) is 0 Å². The first-order valence-corrected chi connectivity index (χ1v) is 4.18. The fourth-order valence-corrected chi connectivity index (χ4v) is 1.19. The van der Waals surface area contributed by atoms with Gasteiger partial charge in [-0.3, -0.25) is 0 Å². The maximum absolute atomic E-state index is 8.47. The van der Waals surface area contributed by atoms with E-state index in [1.807, 2.05) is 12.1 Å². The van der Waals surface area contributed by atoms with Crippen LogP contribution in [0.1, 0.15) is 5.56 Å². The minimum atomic E-state index is 0.662. The van der Waals surface area contributed by atoms with E-state index in [2.05, 4.69) is 31.9 Å². The van der Waals surface area contributed by atoms with Gasteiger partial charge in [0.2, 0.25) is 0 Å². The summed E-state index contributed by atoms with van der Waals surface area (Å²) in [7, 11) is 0. The predicted molar refractivity (Wildman–Crippen MR) is 46.6 cm³/mol. The first kappa shape index (κ1) is 7.77. The Morgan fingerprint density at radius 2 is 1.90 bits per heavy atom. The Morgan fingerprint density at radius 1 is 1.20 bits per heavy atom. The molecule has 0 spiro atoms. The molecule has 0 N–H and O–H groups in total. The molecular formula is C7H3Br2N. The lowest BCUT2D eigenvalue weighted by atomic mass is 10.2. The van der Waals surface area contributed by atoms with Crippen LogP contribution in [0.15, 0.2) is 27.1 Å². The molecule has 0 bridgehead atoms. The second-order valence-corrected chi connectivity index (χ2v) is 3.45. The lowest BCUT2D eigenvalue weighted by Gasteiger charge is -1.93. The van der Waals surface area contributed by atoms with Gasteiger partial charge in [0.15, 0.2) is 0 Å². The molecule has 0 saturated carbocycles. The van der Waals surface area contributed by atoms with E-state index in [9.17, 15) is 0 Å². The first-order valence-electron chi connectivity index (χ1n) is 2.59. The monoisotopic (exact) mass is 259 g/mol. The number of hydrogen-bond acceptors (Lipinski definition) is 1. The molecule has 0 aliphatic rings. The van der Waals surface area contributed by atoms with Crippen molar-refractivity contribution in [2.45, 2.75) is 0 Å². The van der Waals surface area contributed by atoms with Crippen LogP contribution in [0.25, 0.3) is 0 Å². The quantitative estimate of drug-likeness (QED) is 0.703. The van der Waals surface area contributed by atoms with Crippen molar-refractivity contribution in [2.75, 3.05) is 0 Å². The lowest BCUT2D eigenvalue weighted by Crippen LogP contribution is -1.73. The van der Waals surface area contributed by atoms with Crippen LogP contribution in [-0.4, -0.2) is 0 Å². The maximum atomic E-state index is 8.47. The van der Waals surface area contributed by atoms with E-state index in [0.717, 1.165) is 8.95 Å². The van der Waals surface area contributed by atoms with E-state index in [0.29, 0.717) is 5.56 Å². The zero-order chi connectivity index (χ0) is 7.56. The predicted octanol–water partition coefficient (Wildman–Crippen LogP) is 3.08. The molecule has 1 aromatic rings. The number of nitriles is 1. The van der Waals surface area contributed by atoms with E-state index < -0.39 is 0 Å². The number of halogens is 2. The fourth-order valence-electron chi connectivity index (χ4n) is 0.566. The third kappa shape index (κ3) is 1.59. The van der Waals surface area contributed by atoms with Crippen molar-refractivity contribution in [3.8, 4) is 6.07 Å². The molecule has 0 heterocycles. The third-order valence-electron chi connectivity index (χ3n) is 1.05.